The van der Waals surface area contributed by atoms with Crippen molar-refractivity contribution in [2.24, 2.45) is 11.8 Å². The van der Waals surface area contributed by atoms with Crippen LogP contribution in [0.15, 0.2) is 34.7 Å². The van der Waals surface area contributed by atoms with Gasteiger partial charge in [0.15, 0.2) is 0 Å². The van der Waals surface area contributed by atoms with Gasteiger partial charge < -0.3 is 10.4 Å². The van der Waals surface area contributed by atoms with Gasteiger partial charge in [0.1, 0.15) is 0 Å². The van der Waals surface area contributed by atoms with Gasteiger partial charge in [0, 0.05) is 23.7 Å². The Bertz CT molecular complexity index is 458. The van der Waals surface area contributed by atoms with Crippen LogP contribution in [0, 0.1) is 11.8 Å². The van der Waals surface area contributed by atoms with Gasteiger partial charge in [-0.05, 0) is 50.5 Å². The highest BCUT2D eigenvalue weighted by Crippen LogP contribution is 2.37. The molecule has 1 aliphatic heterocycles. The van der Waals surface area contributed by atoms with Crippen molar-refractivity contribution in [1.82, 2.24) is 10.2 Å². The van der Waals surface area contributed by atoms with Gasteiger partial charge in [-0.1, -0.05) is 32.4 Å². The average Bonchev–Trinajstić information content (AvgIpc) is 2.62. The molecule has 1 unspecified atom stereocenters. The van der Waals surface area contributed by atoms with E-state index in [-0.39, 0.29) is 6.61 Å². The van der Waals surface area contributed by atoms with E-state index in [1.807, 2.05) is 0 Å². The summed E-state index contributed by atoms with van der Waals surface area (Å²) in [6.07, 6.45) is 6.67. The van der Waals surface area contributed by atoms with Crippen molar-refractivity contribution in [2.75, 3.05) is 26.2 Å². The summed E-state index contributed by atoms with van der Waals surface area (Å²) in [6.45, 7) is 12.1. The maximum absolute atomic E-state index is 9.96. The Morgan fingerprint density at radius 3 is 2.67 bits per heavy atom. The first-order chi connectivity index (χ1) is 10.1. The van der Waals surface area contributed by atoms with Crippen LogP contribution >= 0.6 is 0 Å². The van der Waals surface area contributed by atoms with Gasteiger partial charge in [0.2, 0.25) is 0 Å². The second kappa shape index (κ2) is 7.28. The van der Waals surface area contributed by atoms with Crippen LogP contribution in [0.2, 0.25) is 0 Å². The van der Waals surface area contributed by atoms with Crippen LogP contribution in [0.5, 0.6) is 0 Å². The molecule has 2 rings (SSSR count). The lowest BCUT2D eigenvalue weighted by molar-refractivity contribution is 0.310. The minimum Gasteiger partial charge on any atom is -0.392 e. The van der Waals surface area contributed by atoms with E-state index >= 15 is 0 Å². The molecule has 118 valence electrons. The lowest BCUT2D eigenvalue weighted by atomic mass is 9.82. The summed E-state index contributed by atoms with van der Waals surface area (Å²) in [6, 6.07) is 0. The number of likely N-dealkylation sites (N-methyl/N-ethyl adjacent to an activating group) is 1. The number of hydrogen-bond donors (Lipinski definition) is 2. The highest BCUT2D eigenvalue weighted by Gasteiger charge is 2.30. The minimum absolute atomic E-state index is 0.130. The number of allylic oxidation sites excluding steroid dienone is 3. The third-order valence-corrected chi connectivity index (χ3v) is 4.97. The van der Waals surface area contributed by atoms with Gasteiger partial charge in [-0.25, -0.2) is 0 Å². The lowest BCUT2D eigenvalue weighted by Gasteiger charge is -2.31. The molecule has 0 amide bonds. The van der Waals surface area contributed by atoms with Crippen LogP contribution in [0.4, 0.5) is 0 Å². The fourth-order valence-corrected chi connectivity index (χ4v) is 3.44. The molecule has 2 N–H and O–H groups in total. The van der Waals surface area contributed by atoms with E-state index in [0.717, 1.165) is 38.0 Å². The molecule has 0 saturated heterocycles. The van der Waals surface area contributed by atoms with Crippen molar-refractivity contribution < 1.29 is 5.11 Å². The molecule has 0 saturated carbocycles. The Morgan fingerprint density at radius 1 is 1.33 bits per heavy atom. The van der Waals surface area contributed by atoms with E-state index in [4.69, 9.17) is 0 Å². The summed E-state index contributed by atoms with van der Waals surface area (Å²) in [7, 11) is 0. The number of fused-ring (bicyclic) bond motifs is 1. The van der Waals surface area contributed by atoms with E-state index in [2.05, 4.69) is 50.2 Å². The Morgan fingerprint density at radius 2 is 2.05 bits per heavy atom. The van der Waals surface area contributed by atoms with E-state index in [1.165, 1.54) is 16.8 Å². The van der Waals surface area contributed by atoms with Gasteiger partial charge in [-0.2, -0.15) is 0 Å². The quantitative estimate of drug-likeness (QED) is 0.817. The summed E-state index contributed by atoms with van der Waals surface area (Å²) in [5.74, 6) is 1.13. The Kier molecular flexibility index (Phi) is 5.65. The SMILES string of the molecule is CCN(CC)CC1=CC[C@H](C)C2CC(C)=CNC2=C1CO. The highest BCUT2D eigenvalue weighted by atomic mass is 16.3. The summed E-state index contributed by atoms with van der Waals surface area (Å²) in [4.78, 5) is 2.41. The van der Waals surface area contributed by atoms with Crippen molar-refractivity contribution in [3.05, 3.63) is 34.7 Å². The normalized spacial score (nSPS) is 26.0. The predicted molar refractivity (Wildman–Crippen MR) is 88.8 cm³/mol. The van der Waals surface area contributed by atoms with Gasteiger partial charge in [-0.15, -0.1) is 0 Å². The number of nitrogens with one attached hydrogen (secondary N) is 1. The molecule has 0 radical (unpaired) electrons. The molecule has 0 aromatic rings. The van der Waals surface area contributed by atoms with E-state index in [0.29, 0.717) is 11.8 Å². The minimum atomic E-state index is 0.130. The second-order valence-corrected chi connectivity index (χ2v) is 6.40. The van der Waals surface area contributed by atoms with Gasteiger partial charge in [0.05, 0.1) is 6.61 Å². The maximum atomic E-state index is 9.96. The van der Waals surface area contributed by atoms with E-state index in [9.17, 15) is 5.11 Å². The van der Waals surface area contributed by atoms with Crippen LogP contribution in [-0.4, -0.2) is 36.2 Å². The molecular formula is C18H30N2O. The molecule has 2 aliphatic rings. The van der Waals surface area contributed by atoms with Gasteiger partial charge in [0.25, 0.3) is 0 Å². The number of hydrogen-bond acceptors (Lipinski definition) is 3. The molecule has 0 aromatic carbocycles. The number of rotatable bonds is 5. The average molecular weight is 290 g/mol. The molecular weight excluding hydrogens is 260 g/mol. The summed E-state index contributed by atoms with van der Waals surface area (Å²) >= 11 is 0. The third kappa shape index (κ3) is 3.58. The molecule has 1 aliphatic carbocycles. The van der Waals surface area contributed by atoms with Crippen molar-refractivity contribution in [1.29, 1.82) is 0 Å². The van der Waals surface area contributed by atoms with Crippen LogP contribution in [0.25, 0.3) is 0 Å². The number of nitrogens with zero attached hydrogens (tertiary/aromatic N) is 1. The smallest absolute Gasteiger partial charge is 0.0701 e. The topological polar surface area (TPSA) is 35.5 Å². The van der Waals surface area contributed by atoms with Crippen LogP contribution in [-0.2, 0) is 0 Å². The lowest BCUT2D eigenvalue weighted by Crippen LogP contribution is -2.30. The summed E-state index contributed by atoms with van der Waals surface area (Å²) in [5.41, 5.74) is 5.09. The number of aliphatic hydroxyl groups excluding tert-OH is 1. The van der Waals surface area contributed by atoms with E-state index < -0.39 is 0 Å². The first-order valence-corrected chi connectivity index (χ1v) is 8.28. The van der Waals surface area contributed by atoms with E-state index in [1.54, 1.807) is 0 Å². The van der Waals surface area contributed by atoms with Crippen molar-refractivity contribution >= 4 is 0 Å². The molecule has 0 bridgehead atoms. The van der Waals surface area contributed by atoms with Crippen molar-refractivity contribution in [3.63, 3.8) is 0 Å². The standard InChI is InChI=1S/C18H30N2O/c1-5-20(6-2)11-15-8-7-14(4)16-9-13(3)10-19-18(16)17(15)12-21/h8,10,14,16,19,21H,5-7,9,11-12H2,1-4H3/t14-,16?/m0/s1. The number of aliphatic hydroxyl groups is 1. The molecule has 21 heavy (non-hydrogen) atoms. The second-order valence-electron chi connectivity index (χ2n) is 6.40. The Balaban J connectivity index is 2.35. The molecule has 3 nitrogen and oxygen atoms in total. The fraction of sp³-hybridized carbons (Fsp3) is 0.667. The third-order valence-electron chi connectivity index (χ3n) is 4.97. The van der Waals surface area contributed by atoms with Gasteiger partial charge in [-0.3, -0.25) is 4.90 Å². The zero-order valence-electron chi connectivity index (χ0n) is 13.9. The molecule has 0 spiro atoms. The molecule has 2 atom stereocenters. The fourth-order valence-electron chi connectivity index (χ4n) is 3.44. The van der Waals surface area contributed by atoms with Crippen LogP contribution in [0.3, 0.4) is 0 Å². The zero-order chi connectivity index (χ0) is 15.4. The summed E-state index contributed by atoms with van der Waals surface area (Å²) < 4.78 is 0. The monoisotopic (exact) mass is 290 g/mol. The molecule has 3 heteroatoms. The van der Waals surface area contributed by atoms with Gasteiger partial charge >= 0.3 is 0 Å². The Labute approximate surface area is 129 Å². The predicted octanol–water partition coefficient (Wildman–Crippen LogP) is 3.05. The first-order valence-electron chi connectivity index (χ1n) is 8.28. The van der Waals surface area contributed by atoms with Crippen molar-refractivity contribution in [3.8, 4) is 0 Å². The Hall–Kier alpha value is -1.06. The van der Waals surface area contributed by atoms with Crippen molar-refractivity contribution in [2.45, 2.75) is 40.5 Å². The molecule has 0 fully saturated rings. The molecule has 1 heterocycles. The van der Waals surface area contributed by atoms with Crippen LogP contribution < -0.4 is 5.32 Å². The highest BCUT2D eigenvalue weighted by molar-refractivity contribution is 5.41. The largest absolute Gasteiger partial charge is 0.392 e. The molecule has 0 aromatic heterocycles. The van der Waals surface area contributed by atoms with Crippen LogP contribution in [0.1, 0.15) is 40.5 Å². The summed E-state index contributed by atoms with van der Waals surface area (Å²) in [5, 5.41) is 13.4. The maximum Gasteiger partial charge on any atom is 0.0701 e. The first kappa shape index (κ1) is 16.3. The zero-order valence-corrected chi connectivity index (χ0v) is 13.9.